The van der Waals surface area contributed by atoms with Crippen LogP contribution in [0.5, 0.6) is 0 Å². The minimum absolute atomic E-state index is 0.111. The van der Waals surface area contributed by atoms with Crippen molar-refractivity contribution in [3.8, 4) is 0 Å². The normalized spacial score (nSPS) is 10.6. The molecule has 0 bridgehead atoms. The molecule has 4 nitrogen and oxygen atoms in total. The van der Waals surface area contributed by atoms with Crippen molar-refractivity contribution >= 4 is 16.6 Å². The molecule has 0 fully saturated rings. The van der Waals surface area contributed by atoms with Crippen LogP contribution in [-0.4, -0.2) is 9.91 Å². The highest BCUT2D eigenvalue weighted by molar-refractivity contribution is 5.78. The Bertz CT molecular complexity index is 767. The van der Waals surface area contributed by atoms with Gasteiger partial charge in [-0.3, -0.25) is 15.1 Å². The Hall–Kier alpha value is -2.75. The quantitative estimate of drug-likeness (QED) is 0.535. The molecule has 0 aliphatic rings. The smallest absolute Gasteiger partial charge is 0.258 e. The van der Waals surface area contributed by atoms with Crippen LogP contribution in [-0.2, 0) is 6.42 Å². The third-order valence-corrected chi connectivity index (χ3v) is 3.19. The first-order valence-corrected chi connectivity index (χ1v) is 6.30. The predicted octanol–water partition coefficient (Wildman–Crippen LogP) is 3.73. The van der Waals surface area contributed by atoms with E-state index in [1.165, 1.54) is 12.1 Å². The number of fused-ring (bicyclic) bond motifs is 1. The summed E-state index contributed by atoms with van der Waals surface area (Å²) in [5.41, 5.74) is 3.04. The van der Waals surface area contributed by atoms with Crippen LogP contribution in [0.1, 0.15) is 11.3 Å². The van der Waals surface area contributed by atoms with E-state index >= 15 is 0 Å². The molecule has 2 aromatic carbocycles. The second-order valence-electron chi connectivity index (χ2n) is 4.60. The number of non-ortho nitro benzene ring substituents is 1. The Morgan fingerprint density at radius 2 is 1.70 bits per heavy atom. The maximum Gasteiger partial charge on any atom is 0.269 e. The fourth-order valence-corrected chi connectivity index (χ4v) is 2.15. The Balaban J connectivity index is 1.87. The number of hydrogen-bond donors (Lipinski definition) is 0. The number of pyridine rings is 1. The van der Waals surface area contributed by atoms with Gasteiger partial charge in [-0.25, -0.2) is 0 Å². The molecule has 98 valence electrons. The van der Waals surface area contributed by atoms with Gasteiger partial charge in [-0.2, -0.15) is 0 Å². The Morgan fingerprint density at radius 3 is 2.45 bits per heavy atom. The Kier molecular flexibility index (Phi) is 3.13. The van der Waals surface area contributed by atoms with E-state index in [-0.39, 0.29) is 5.69 Å². The van der Waals surface area contributed by atoms with Crippen LogP contribution in [0.15, 0.2) is 60.7 Å². The van der Waals surface area contributed by atoms with E-state index in [1.54, 1.807) is 12.1 Å². The third-order valence-electron chi connectivity index (χ3n) is 3.19. The fraction of sp³-hybridized carbons (Fsp3) is 0.0625. The summed E-state index contributed by atoms with van der Waals surface area (Å²) in [6.07, 6.45) is 0.669. The van der Waals surface area contributed by atoms with Crippen LogP contribution >= 0.6 is 0 Å². The molecular formula is C16H12N2O2. The van der Waals surface area contributed by atoms with E-state index in [1.807, 2.05) is 36.4 Å². The molecule has 3 rings (SSSR count). The molecule has 0 atom stereocenters. The lowest BCUT2D eigenvalue weighted by Crippen LogP contribution is -1.93. The van der Waals surface area contributed by atoms with Crippen molar-refractivity contribution in [2.75, 3.05) is 0 Å². The lowest BCUT2D eigenvalue weighted by atomic mass is 10.1. The van der Waals surface area contributed by atoms with Gasteiger partial charge in [-0.1, -0.05) is 36.4 Å². The van der Waals surface area contributed by atoms with Gasteiger partial charge >= 0.3 is 0 Å². The van der Waals surface area contributed by atoms with Crippen LogP contribution in [0.25, 0.3) is 10.9 Å². The maximum absolute atomic E-state index is 10.6. The number of aromatic nitrogens is 1. The molecule has 0 amide bonds. The fourth-order valence-electron chi connectivity index (χ4n) is 2.15. The highest BCUT2D eigenvalue weighted by atomic mass is 16.6. The molecule has 0 saturated heterocycles. The van der Waals surface area contributed by atoms with Gasteiger partial charge < -0.3 is 0 Å². The van der Waals surface area contributed by atoms with Gasteiger partial charge in [0.1, 0.15) is 0 Å². The zero-order chi connectivity index (χ0) is 13.9. The summed E-state index contributed by atoms with van der Waals surface area (Å²) in [7, 11) is 0. The molecule has 0 saturated carbocycles. The van der Waals surface area contributed by atoms with Gasteiger partial charge in [-0.05, 0) is 17.7 Å². The molecule has 0 spiro atoms. The first-order valence-electron chi connectivity index (χ1n) is 6.30. The monoisotopic (exact) mass is 264 g/mol. The number of nitro benzene ring substituents is 1. The summed E-state index contributed by atoms with van der Waals surface area (Å²) < 4.78 is 0. The number of nitrogens with zero attached hydrogens (tertiary/aromatic N) is 2. The van der Waals surface area contributed by atoms with Gasteiger partial charge in [0, 0.05) is 29.6 Å². The highest BCUT2D eigenvalue weighted by Crippen LogP contribution is 2.17. The minimum atomic E-state index is -0.391. The molecule has 0 N–H and O–H groups in total. The van der Waals surface area contributed by atoms with Crippen molar-refractivity contribution in [2.45, 2.75) is 6.42 Å². The van der Waals surface area contributed by atoms with Crippen LogP contribution in [0.3, 0.4) is 0 Å². The number of hydrogen-bond acceptors (Lipinski definition) is 3. The van der Waals surface area contributed by atoms with Gasteiger partial charge in [-0.15, -0.1) is 0 Å². The summed E-state index contributed by atoms with van der Waals surface area (Å²) in [5.74, 6) is 0. The maximum atomic E-state index is 10.6. The topological polar surface area (TPSA) is 56.0 Å². The summed E-state index contributed by atoms with van der Waals surface area (Å²) in [6.45, 7) is 0. The average Bonchev–Trinajstić information content (AvgIpc) is 2.48. The van der Waals surface area contributed by atoms with E-state index in [2.05, 4.69) is 4.98 Å². The molecule has 0 unspecified atom stereocenters. The van der Waals surface area contributed by atoms with Gasteiger partial charge in [0.05, 0.1) is 10.4 Å². The van der Waals surface area contributed by atoms with Crippen molar-refractivity contribution in [3.63, 3.8) is 0 Å². The number of benzene rings is 2. The zero-order valence-electron chi connectivity index (χ0n) is 10.7. The van der Waals surface area contributed by atoms with Crippen LogP contribution in [0.4, 0.5) is 5.69 Å². The first-order chi connectivity index (χ1) is 9.72. The zero-order valence-corrected chi connectivity index (χ0v) is 10.7. The largest absolute Gasteiger partial charge is 0.269 e. The average molecular weight is 264 g/mol. The minimum Gasteiger partial charge on any atom is -0.258 e. The van der Waals surface area contributed by atoms with Crippen molar-refractivity contribution in [1.82, 2.24) is 4.98 Å². The summed E-state index contributed by atoms with van der Waals surface area (Å²) >= 11 is 0. The van der Waals surface area contributed by atoms with E-state index in [0.717, 1.165) is 22.2 Å². The van der Waals surface area contributed by atoms with E-state index in [4.69, 9.17) is 0 Å². The van der Waals surface area contributed by atoms with Gasteiger partial charge in [0.15, 0.2) is 0 Å². The molecule has 4 heteroatoms. The summed E-state index contributed by atoms with van der Waals surface area (Å²) in [5, 5.41) is 11.7. The second kappa shape index (κ2) is 5.09. The van der Waals surface area contributed by atoms with Crippen LogP contribution in [0.2, 0.25) is 0 Å². The Labute approximate surface area is 115 Å². The van der Waals surface area contributed by atoms with Crippen molar-refractivity contribution in [2.24, 2.45) is 0 Å². The molecule has 1 heterocycles. The second-order valence-corrected chi connectivity index (χ2v) is 4.60. The molecule has 3 aromatic rings. The lowest BCUT2D eigenvalue weighted by Gasteiger charge is -2.03. The van der Waals surface area contributed by atoms with Gasteiger partial charge in [0.2, 0.25) is 0 Å². The predicted molar refractivity (Wildman–Crippen MR) is 77.6 cm³/mol. The third kappa shape index (κ3) is 2.49. The summed E-state index contributed by atoms with van der Waals surface area (Å²) in [4.78, 5) is 14.8. The standard InChI is InChI=1S/C16H12N2O2/c19-18(20)15-9-5-12(6-10-15)11-14-8-7-13-3-1-2-4-16(13)17-14/h1-10H,11H2. The number of para-hydroxylation sites is 1. The molecular weight excluding hydrogens is 252 g/mol. The molecule has 20 heavy (non-hydrogen) atoms. The number of rotatable bonds is 3. The van der Waals surface area contributed by atoms with Crippen LogP contribution < -0.4 is 0 Å². The number of nitro groups is 1. The van der Waals surface area contributed by atoms with E-state index in [0.29, 0.717) is 6.42 Å². The van der Waals surface area contributed by atoms with E-state index in [9.17, 15) is 10.1 Å². The molecule has 0 aliphatic carbocycles. The van der Waals surface area contributed by atoms with E-state index < -0.39 is 4.92 Å². The van der Waals surface area contributed by atoms with Gasteiger partial charge in [0.25, 0.3) is 5.69 Å². The van der Waals surface area contributed by atoms with Crippen molar-refractivity contribution in [3.05, 3.63) is 82.0 Å². The molecule has 0 aliphatic heterocycles. The van der Waals surface area contributed by atoms with Crippen LogP contribution in [0, 0.1) is 10.1 Å². The Morgan fingerprint density at radius 1 is 0.950 bits per heavy atom. The highest BCUT2D eigenvalue weighted by Gasteiger charge is 2.05. The molecule has 0 radical (unpaired) electrons. The lowest BCUT2D eigenvalue weighted by molar-refractivity contribution is -0.384. The van der Waals surface area contributed by atoms with Crippen molar-refractivity contribution < 1.29 is 4.92 Å². The van der Waals surface area contributed by atoms with Crippen molar-refractivity contribution in [1.29, 1.82) is 0 Å². The molecule has 1 aromatic heterocycles. The first kappa shape index (κ1) is 12.3. The SMILES string of the molecule is O=[N+]([O-])c1ccc(Cc2ccc3ccccc3n2)cc1. The summed E-state index contributed by atoms with van der Waals surface area (Å²) in [6, 6.07) is 18.6.